The van der Waals surface area contributed by atoms with E-state index in [1.165, 1.54) is 12.0 Å². The molecule has 0 radical (unpaired) electrons. The molecular formula is C14H23NOS. The van der Waals surface area contributed by atoms with Crippen LogP contribution in [0.25, 0.3) is 0 Å². The van der Waals surface area contributed by atoms with Crippen molar-refractivity contribution in [2.24, 2.45) is 5.73 Å². The Balaban J connectivity index is 2.73. The van der Waals surface area contributed by atoms with Gasteiger partial charge in [0.1, 0.15) is 5.75 Å². The van der Waals surface area contributed by atoms with Gasteiger partial charge >= 0.3 is 0 Å². The standard InChI is InChI=1S/C14H23NOS/c1-5-11(3)17-9-13(15)12-8-10(2)6-7-14(12)16-4/h6-8,11,13H,5,9,15H2,1-4H3. The molecular weight excluding hydrogens is 230 g/mol. The molecule has 0 saturated heterocycles. The van der Waals surface area contributed by atoms with Gasteiger partial charge in [-0.05, 0) is 19.4 Å². The van der Waals surface area contributed by atoms with Gasteiger partial charge < -0.3 is 10.5 Å². The van der Waals surface area contributed by atoms with Crippen molar-refractivity contribution in [2.45, 2.75) is 38.5 Å². The summed E-state index contributed by atoms with van der Waals surface area (Å²) in [5.74, 6) is 1.84. The monoisotopic (exact) mass is 253 g/mol. The van der Waals surface area contributed by atoms with Gasteiger partial charge in [-0.1, -0.05) is 31.5 Å². The smallest absolute Gasteiger partial charge is 0.123 e. The molecule has 0 heterocycles. The minimum absolute atomic E-state index is 0.0452. The van der Waals surface area contributed by atoms with Crippen molar-refractivity contribution in [1.29, 1.82) is 0 Å². The van der Waals surface area contributed by atoms with E-state index in [2.05, 4.69) is 32.9 Å². The molecule has 0 amide bonds. The van der Waals surface area contributed by atoms with Crippen molar-refractivity contribution < 1.29 is 4.74 Å². The van der Waals surface area contributed by atoms with Crippen molar-refractivity contribution >= 4 is 11.8 Å². The van der Waals surface area contributed by atoms with Crippen LogP contribution in [-0.4, -0.2) is 18.1 Å². The van der Waals surface area contributed by atoms with E-state index >= 15 is 0 Å². The Morgan fingerprint density at radius 3 is 2.71 bits per heavy atom. The molecule has 0 aliphatic carbocycles. The third-order valence-corrected chi connectivity index (χ3v) is 4.37. The number of benzene rings is 1. The highest BCUT2D eigenvalue weighted by atomic mass is 32.2. The summed E-state index contributed by atoms with van der Waals surface area (Å²) in [6.45, 7) is 6.53. The van der Waals surface area contributed by atoms with E-state index < -0.39 is 0 Å². The molecule has 0 aromatic heterocycles. The summed E-state index contributed by atoms with van der Waals surface area (Å²) in [5.41, 5.74) is 8.58. The van der Waals surface area contributed by atoms with E-state index in [1.54, 1.807) is 7.11 Å². The van der Waals surface area contributed by atoms with Crippen LogP contribution in [0.5, 0.6) is 5.75 Å². The Hall–Kier alpha value is -0.670. The molecule has 2 unspecified atom stereocenters. The van der Waals surface area contributed by atoms with Gasteiger partial charge in [0.05, 0.1) is 7.11 Å². The fraction of sp³-hybridized carbons (Fsp3) is 0.571. The third-order valence-electron chi connectivity index (χ3n) is 2.92. The summed E-state index contributed by atoms with van der Waals surface area (Å²) in [4.78, 5) is 0. The van der Waals surface area contributed by atoms with Gasteiger partial charge in [-0.15, -0.1) is 0 Å². The average Bonchev–Trinajstić information content (AvgIpc) is 2.35. The molecule has 0 fully saturated rings. The molecule has 2 atom stereocenters. The summed E-state index contributed by atoms with van der Waals surface area (Å²) < 4.78 is 5.37. The van der Waals surface area contributed by atoms with Crippen LogP contribution >= 0.6 is 11.8 Å². The van der Waals surface area contributed by atoms with Gasteiger partial charge in [0.2, 0.25) is 0 Å². The zero-order valence-electron chi connectivity index (χ0n) is 11.2. The number of ether oxygens (including phenoxy) is 1. The lowest BCUT2D eigenvalue weighted by molar-refractivity contribution is 0.407. The zero-order chi connectivity index (χ0) is 12.8. The Labute approximate surface area is 109 Å². The van der Waals surface area contributed by atoms with E-state index in [0.717, 1.165) is 17.1 Å². The molecule has 96 valence electrons. The lowest BCUT2D eigenvalue weighted by atomic mass is 10.1. The van der Waals surface area contributed by atoms with Gasteiger partial charge in [0.15, 0.2) is 0 Å². The highest BCUT2D eigenvalue weighted by molar-refractivity contribution is 7.99. The van der Waals surface area contributed by atoms with Gasteiger partial charge in [-0.3, -0.25) is 0 Å². The highest BCUT2D eigenvalue weighted by Gasteiger charge is 2.13. The third kappa shape index (κ3) is 4.25. The molecule has 1 rings (SSSR count). The fourth-order valence-electron chi connectivity index (χ4n) is 1.62. The maximum absolute atomic E-state index is 6.24. The van der Waals surface area contributed by atoms with Crippen LogP contribution in [0.4, 0.5) is 0 Å². The topological polar surface area (TPSA) is 35.2 Å². The van der Waals surface area contributed by atoms with Gasteiger partial charge in [0.25, 0.3) is 0 Å². The maximum Gasteiger partial charge on any atom is 0.123 e. The van der Waals surface area contributed by atoms with Crippen LogP contribution in [-0.2, 0) is 0 Å². The Morgan fingerprint density at radius 2 is 2.12 bits per heavy atom. The lowest BCUT2D eigenvalue weighted by Crippen LogP contribution is -2.16. The fourth-order valence-corrected chi connectivity index (χ4v) is 2.57. The number of hydrogen-bond acceptors (Lipinski definition) is 3. The van der Waals surface area contributed by atoms with Crippen LogP contribution < -0.4 is 10.5 Å². The second-order valence-electron chi connectivity index (χ2n) is 4.40. The first-order valence-corrected chi connectivity index (χ1v) is 7.15. The molecule has 2 N–H and O–H groups in total. The lowest BCUT2D eigenvalue weighted by Gasteiger charge is -2.18. The summed E-state index contributed by atoms with van der Waals surface area (Å²) in [7, 11) is 1.70. The summed E-state index contributed by atoms with van der Waals surface area (Å²) >= 11 is 1.92. The van der Waals surface area contributed by atoms with E-state index in [-0.39, 0.29) is 6.04 Å². The molecule has 0 bridgehead atoms. The van der Waals surface area contributed by atoms with E-state index in [0.29, 0.717) is 5.25 Å². The molecule has 0 spiro atoms. The predicted octanol–water partition coefficient (Wildman–Crippen LogP) is 3.54. The number of hydrogen-bond donors (Lipinski definition) is 1. The van der Waals surface area contributed by atoms with Crippen LogP contribution in [0.3, 0.4) is 0 Å². The number of methoxy groups -OCH3 is 1. The van der Waals surface area contributed by atoms with Crippen molar-refractivity contribution in [1.82, 2.24) is 0 Å². The highest BCUT2D eigenvalue weighted by Crippen LogP contribution is 2.28. The molecule has 2 nitrogen and oxygen atoms in total. The molecule has 0 aliphatic heterocycles. The second kappa shape index (κ2) is 6.92. The van der Waals surface area contributed by atoms with Crippen LogP contribution in [0.15, 0.2) is 18.2 Å². The number of rotatable bonds is 6. The summed E-state index contributed by atoms with van der Waals surface area (Å²) in [6.07, 6.45) is 1.18. The van der Waals surface area contributed by atoms with Gasteiger partial charge in [-0.2, -0.15) is 11.8 Å². The Bertz CT molecular complexity index is 354. The van der Waals surface area contributed by atoms with Gasteiger partial charge in [-0.25, -0.2) is 0 Å². The van der Waals surface area contributed by atoms with Gasteiger partial charge in [0, 0.05) is 22.6 Å². The van der Waals surface area contributed by atoms with Crippen molar-refractivity contribution in [3.8, 4) is 5.75 Å². The minimum Gasteiger partial charge on any atom is -0.496 e. The van der Waals surface area contributed by atoms with E-state index in [9.17, 15) is 0 Å². The van der Waals surface area contributed by atoms with Crippen molar-refractivity contribution in [3.63, 3.8) is 0 Å². The first kappa shape index (κ1) is 14.4. The number of nitrogens with two attached hydrogens (primary N) is 1. The van der Waals surface area contributed by atoms with Crippen molar-refractivity contribution in [2.75, 3.05) is 12.9 Å². The first-order chi connectivity index (χ1) is 8.08. The van der Waals surface area contributed by atoms with Crippen LogP contribution in [0, 0.1) is 6.92 Å². The Kier molecular flexibility index (Phi) is 5.86. The summed E-state index contributed by atoms with van der Waals surface area (Å²) in [5, 5.41) is 0.664. The van der Waals surface area contributed by atoms with Crippen LogP contribution in [0.1, 0.15) is 37.4 Å². The molecule has 17 heavy (non-hydrogen) atoms. The minimum atomic E-state index is 0.0452. The summed E-state index contributed by atoms with van der Waals surface area (Å²) in [6, 6.07) is 6.22. The average molecular weight is 253 g/mol. The molecule has 0 saturated carbocycles. The number of aryl methyl sites for hydroxylation is 1. The predicted molar refractivity (Wildman–Crippen MR) is 76.9 cm³/mol. The second-order valence-corrected chi connectivity index (χ2v) is 5.88. The number of thioether (sulfide) groups is 1. The molecule has 1 aromatic rings. The molecule has 0 aliphatic rings. The van der Waals surface area contributed by atoms with E-state index in [1.807, 2.05) is 17.8 Å². The Morgan fingerprint density at radius 1 is 1.41 bits per heavy atom. The van der Waals surface area contributed by atoms with Crippen LogP contribution in [0.2, 0.25) is 0 Å². The quantitative estimate of drug-likeness (QED) is 0.842. The first-order valence-electron chi connectivity index (χ1n) is 6.10. The molecule has 3 heteroatoms. The largest absolute Gasteiger partial charge is 0.496 e. The van der Waals surface area contributed by atoms with E-state index in [4.69, 9.17) is 10.5 Å². The maximum atomic E-state index is 6.24. The SMILES string of the molecule is CCC(C)SCC(N)c1cc(C)ccc1OC. The van der Waals surface area contributed by atoms with Crippen molar-refractivity contribution in [3.05, 3.63) is 29.3 Å². The molecule has 1 aromatic carbocycles. The normalized spacial score (nSPS) is 14.4. The zero-order valence-corrected chi connectivity index (χ0v) is 12.0.